The highest BCUT2D eigenvalue weighted by molar-refractivity contribution is 6.00. The fourth-order valence-electron chi connectivity index (χ4n) is 7.92. The van der Waals surface area contributed by atoms with Gasteiger partial charge in [0.2, 0.25) is 0 Å². The SMILES string of the molecule is CC(=O)OC[n+]1ccc(-c2c3nc(c(-c4cc[n+](COC(C)=O)cc4)c4ccc([nH]4)c(-c4cc[n+](COC(C)=O)cc4)c4ccc([nH]4)c(-c4cc[n+](COC(C)=O)cc4)c4nc2C=C4)C=C3)cc1. The van der Waals surface area contributed by atoms with Gasteiger partial charge in [-0.25, -0.2) is 9.97 Å². The first kappa shape index (κ1) is 44.3. The molecule has 0 fully saturated rings. The lowest BCUT2D eigenvalue weighted by Gasteiger charge is -2.07. The van der Waals surface area contributed by atoms with Gasteiger partial charge < -0.3 is 28.9 Å². The summed E-state index contributed by atoms with van der Waals surface area (Å²) in [4.78, 5) is 64.7. The van der Waals surface area contributed by atoms with Crippen LogP contribution in [-0.2, 0) is 65.0 Å². The topological polar surface area (TPSA) is 178 Å². The molecule has 7 aromatic rings. The second-order valence-electron chi connectivity index (χ2n) is 16.0. The largest absolute Gasteiger partial charge is 0.405 e. The summed E-state index contributed by atoms with van der Waals surface area (Å²) in [5, 5.41) is 0. The summed E-state index contributed by atoms with van der Waals surface area (Å²) in [6.45, 7) is 5.75. The number of H-pyrrole nitrogens is 2. The van der Waals surface area contributed by atoms with E-state index in [4.69, 9.17) is 28.9 Å². The molecule has 0 unspecified atom stereocenters. The number of rotatable bonds is 12. The molecule has 16 nitrogen and oxygen atoms in total. The average Bonchev–Trinajstić information content (AvgIpc) is 4.19. The Bertz CT molecular complexity index is 3180. The van der Waals surface area contributed by atoms with Crippen LogP contribution in [0.15, 0.2) is 122 Å². The van der Waals surface area contributed by atoms with Crippen LogP contribution >= 0.6 is 0 Å². The van der Waals surface area contributed by atoms with E-state index >= 15 is 0 Å². The maximum Gasteiger partial charge on any atom is 0.307 e. The van der Waals surface area contributed by atoms with Crippen LogP contribution in [0, 0.1) is 0 Å². The number of nitrogens with one attached hydrogen (secondary N) is 2. The molecule has 0 atom stereocenters. The molecule has 16 heteroatoms. The average molecular weight is 911 g/mol. The Balaban J connectivity index is 1.34. The van der Waals surface area contributed by atoms with Gasteiger partial charge >= 0.3 is 23.9 Å². The lowest BCUT2D eigenvalue weighted by atomic mass is 10.0. The number of ether oxygens (including phenoxy) is 4. The van der Waals surface area contributed by atoms with Crippen molar-refractivity contribution >= 4 is 70.2 Å². The van der Waals surface area contributed by atoms with Crippen molar-refractivity contribution in [2.75, 3.05) is 0 Å². The summed E-state index contributed by atoms with van der Waals surface area (Å²) >= 11 is 0. The molecular weight excluding hydrogens is 865 g/mol. The zero-order valence-corrected chi connectivity index (χ0v) is 37.6. The van der Waals surface area contributed by atoms with Gasteiger partial charge in [-0.3, -0.25) is 19.2 Å². The molecule has 68 heavy (non-hydrogen) atoms. The third-order valence-corrected chi connectivity index (χ3v) is 11.1. The van der Waals surface area contributed by atoms with Gasteiger partial charge in [-0.05, 0) is 70.8 Å². The lowest BCUT2D eigenvalue weighted by molar-refractivity contribution is -0.727. The van der Waals surface area contributed by atoms with E-state index in [-0.39, 0.29) is 50.8 Å². The zero-order valence-electron chi connectivity index (χ0n) is 37.6. The predicted molar refractivity (Wildman–Crippen MR) is 248 cm³/mol. The minimum atomic E-state index is -0.381. The molecule has 0 amide bonds. The van der Waals surface area contributed by atoms with Crippen LogP contribution in [0.2, 0.25) is 0 Å². The van der Waals surface area contributed by atoms with Crippen molar-refractivity contribution < 1.29 is 56.4 Å². The summed E-state index contributed by atoms with van der Waals surface area (Å²) in [5.74, 6) is -1.52. The number of nitrogens with zero attached hydrogens (tertiary/aromatic N) is 6. The van der Waals surface area contributed by atoms with Gasteiger partial charge in [0.15, 0.2) is 49.6 Å². The number of aromatic nitrogens is 8. The van der Waals surface area contributed by atoms with Crippen molar-refractivity contribution in [2.24, 2.45) is 0 Å². The van der Waals surface area contributed by atoms with E-state index < -0.39 is 0 Å². The zero-order chi connectivity index (χ0) is 47.3. The summed E-state index contributed by atoms with van der Waals surface area (Å²) in [7, 11) is 0. The molecule has 0 saturated carbocycles. The van der Waals surface area contributed by atoms with E-state index in [9.17, 15) is 19.2 Å². The van der Waals surface area contributed by atoms with Gasteiger partial charge in [-0.2, -0.15) is 18.3 Å². The van der Waals surface area contributed by atoms with Crippen molar-refractivity contribution in [3.8, 4) is 44.5 Å². The first-order chi connectivity index (χ1) is 32.9. The molecule has 0 spiro atoms. The van der Waals surface area contributed by atoms with Crippen LogP contribution in [0.3, 0.4) is 0 Å². The van der Waals surface area contributed by atoms with Gasteiger partial charge in [0, 0.05) is 121 Å². The van der Waals surface area contributed by atoms with Crippen LogP contribution in [-0.4, -0.2) is 43.8 Å². The number of carbonyl (C=O) groups excluding carboxylic acids is 4. The van der Waals surface area contributed by atoms with Gasteiger partial charge in [-0.1, -0.05) is 0 Å². The second-order valence-corrected chi connectivity index (χ2v) is 16.0. The summed E-state index contributed by atoms with van der Waals surface area (Å²) < 4.78 is 28.1. The molecule has 9 heterocycles. The van der Waals surface area contributed by atoms with E-state index in [1.54, 1.807) is 18.3 Å². The van der Waals surface area contributed by atoms with E-state index in [2.05, 4.69) is 9.97 Å². The number of carbonyl (C=O) groups is 4. The molecule has 9 rings (SSSR count). The quantitative estimate of drug-likeness (QED) is 0.0776. The molecule has 2 aliphatic heterocycles. The van der Waals surface area contributed by atoms with Crippen molar-refractivity contribution in [1.29, 1.82) is 0 Å². The first-order valence-corrected chi connectivity index (χ1v) is 21.6. The highest BCUT2D eigenvalue weighted by Gasteiger charge is 2.21. The van der Waals surface area contributed by atoms with Crippen LogP contribution in [0.1, 0.15) is 50.5 Å². The fourth-order valence-corrected chi connectivity index (χ4v) is 7.92. The van der Waals surface area contributed by atoms with Gasteiger partial charge in [0.05, 0.1) is 22.8 Å². The third kappa shape index (κ3) is 9.84. The molecule has 0 radical (unpaired) electrons. The van der Waals surface area contributed by atoms with E-state index in [0.717, 1.165) is 66.6 Å². The lowest BCUT2D eigenvalue weighted by Crippen LogP contribution is -2.34. The third-order valence-electron chi connectivity index (χ3n) is 11.1. The van der Waals surface area contributed by atoms with Gasteiger partial charge in [-0.15, -0.1) is 0 Å². The standard InChI is InChI=1S/C52H45N8O8/c1-33(61)65-29-57-21-13-37(14-22-57)49-41-5-7-43(53-41)50(38-15-23-58(24-16-38)30-66-34(2)62)45-9-11-47(55-45)52(40-19-27-60(28-20-40)32-68-36(4)64)48-12-10-46(56-48)51(44-8-6-42(49)54-44)39-17-25-59(26-18-39)31-67-35(3)63/h5-28H,29-32H2,1-4H3,(H,53,54,55,56)/q+3/p+1. The van der Waals surface area contributed by atoms with E-state index in [1.165, 1.54) is 27.7 Å². The van der Waals surface area contributed by atoms with Crippen LogP contribution in [0.25, 0.3) is 90.9 Å². The maximum absolute atomic E-state index is 11.6. The Hall–Kier alpha value is -8.92. The summed E-state index contributed by atoms with van der Waals surface area (Å²) in [5.41, 5.74) is 12.6. The predicted octanol–water partition coefficient (Wildman–Crippen LogP) is 6.56. The number of fused-ring (bicyclic) bond motifs is 8. The Morgan fingerprint density at radius 3 is 0.882 bits per heavy atom. The molecule has 0 saturated heterocycles. The molecule has 2 aliphatic rings. The number of aromatic amines is 2. The highest BCUT2D eigenvalue weighted by atomic mass is 16.6. The second kappa shape index (κ2) is 19.3. The van der Waals surface area contributed by atoms with E-state index in [0.29, 0.717) is 22.8 Å². The van der Waals surface area contributed by atoms with Crippen LogP contribution in [0.5, 0.6) is 0 Å². The minimum absolute atomic E-state index is 0.0603. The Morgan fingerprint density at radius 1 is 0.368 bits per heavy atom. The number of esters is 4. The van der Waals surface area contributed by atoms with Crippen molar-refractivity contribution in [3.63, 3.8) is 0 Å². The summed E-state index contributed by atoms with van der Waals surface area (Å²) in [6, 6.07) is 23.8. The van der Waals surface area contributed by atoms with Gasteiger partial charge in [0.25, 0.3) is 26.9 Å². The smallest absolute Gasteiger partial charge is 0.307 e. The Kier molecular flexibility index (Phi) is 12.6. The molecular formula is C52H46N8O8+4. The van der Waals surface area contributed by atoms with Crippen molar-refractivity contribution in [1.82, 2.24) is 19.9 Å². The van der Waals surface area contributed by atoms with Crippen molar-refractivity contribution in [3.05, 3.63) is 145 Å². The van der Waals surface area contributed by atoms with Crippen LogP contribution < -0.4 is 18.3 Å². The molecule has 2 N–H and O–H groups in total. The minimum Gasteiger partial charge on any atom is -0.405 e. The van der Waals surface area contributed by atoms with Crippen molar-refractivity contribution in [2.45, 2.75) is 54.6 Å². The molecule has 338 valence electrons. The van der Waals surface area contributed by atoms with Crippen LogP contribution in [0.4, 0.5) is 0 Å². The molecule has 0 aromatic carbocycles. The first-order valence-electron chi connectivity index (χ1n) is 21.6. The molecule has 7 aromatic heterocycles. The number of pyridine rings is 4. The summed E-state index contributed by atoms with van der Waals surface area (Å²) in [6.07, 6.45) is 22.8. The fraction of sp³-hybridized carbons (Fsp3) is 0.154. The Morgan fingerprint density at radius 2 is 0.603 bits per heavy atom. The normalized spacial score (nSPS) is 11.6. The van der Waals surface area contributed by atoms with E-state index in [1.807, 2.05) is 147 Å². The highest BCUT2D eigenvalue weighted by Crippen LogP contribution is 2.38. The van der Waals surface area contributed by atoms with Gasteiger partial charge in [0.1, 0.15) is 0 Å². The number of hydrogen-bond donors (Lipinski definition) is 2. The number of hydrogen-bond acceptors (Lipinski definition) is 10. The Labute approximate surface area is 389 Å². The maximum atomic E-state index is 11.6. The monoisotopic (exact) mass is 910 g/mol. The molecule has 0 aliphatic carbocycles. The molecule has 8 bridgehead atoms.